The highest BCUT2D eigenvalue weighted by molar-refractivity contribution is 7.89. The van der Waals surface area contributed by atoms with Crippen LogP contribution in [-0.4, -0.2) is 26.7 Å². The summed E-state index contributed by atoms with van der Waals surface area (Å²) < 4.78 is 27.1. The summed E-state index contributed by atoms with van der Waals surface area (Å²) in [6, 6.07) is 7.06. The molecule has 5 heteroatoms. The first-order valence-corrected chi connectivity index (χ1v) is 8.90. The molecule has 4 nitrogen and oxygen atoms in total. The minimum Gasteiger partial charge on any atom is -0.396 e. The Labute approximate surface area is 128 Å². The van der Waals surface area contributed by atoms with E-state index in [0.717, 1.165) is 12.0 Å². The molecule has 0 radical (unpaired) electrons. The van der Waals surface area contributed by atoms with Crippen molar-refractivity contribution in [3.05, 3.63) is 29.8 Å². The molecule has 1 unspecified atom stereocenters. The maximum absolute atomic E-state index is 12.3. The molecule has 120 valence electrons. The number of rotatable bonds is 8. The van der Waals surface area contributed by atoms with Gasteiger partial charge in [-0.15, -0.1) is 0 Å². The number of hydrogen-bond acceptors (Lipinski definition) is 3. The van der Waals surface area contributed by atoms with Crippen LogP contribution in [0, 0.1) is 5.41 Å². The fourth-order valence-electron chi connectivity index (χ4n) is 1.98. The van der Waals surface area contributed by atoms with E-state index in [4.69, 9.17) is 5.11 Å². The van der Waals surface area contributed by atoms with Crippen molar-refractivity contribution in [1.29, 1.82) is 0 Å². The second kappa shape index (κ2) is 7.38. The fraction of sp³-hybridized carbons (Fsp3) is 0.625. The first kappa shape index (κ1) is 18.1. The Morgan fingerprint density at radius 3 is 2.29 bits per heavy atom. The van der Waals surface area contributed by atoms with Crippen LogP contribution in [0.5, 0.6) is 0 Å². The summed E-state index contributed by atoms with van der Waals surface area (Å²) in [6.07, 6.45) is 1.59. The Morgan fingerprint density at radius 1 is 1.24 bits per heavy atom. The highest BCUT2D eigenvalue weighted by Crippen LogP contribution is 2.22. The van der Waals surface area contributed by atoms with Gasteiger partial charge in [0.1, 0.15) is 0 Å². The van der Waals surface area contributed by atoms with Gasteiger partial charge in [-0.25, -0.2) is 13.1 Å². The van der Waals surface area contributed by atoms with Crippen molar-refractivity contribution < 1.29 is 13.5 Å². The average Bonchev–Trinajstić information content (AvgIpc) is 2.45. The van der Waals surface area contributed by atoms with Crippen LogP contribution in [0.25, 0.3) is 0 Å². The third-order valence-corrected chi connectivity index (χ3v) is 5.32. The molecular formula is C16H27NO3S. The molecule has 0 heterocycles. The number of aliphatic hydroxyl groups is 1. The van der Waals surface area contributed by atoms with Gasteiger partial charge >= 0.3 is 0 Å². The molecule has 0 amide bonds. The number of aliphatic hydroxyl groups excluding tert-OH is 1. The van der Waals surface area contributed by atoms with Crippen molar-refractivity contribution in [2.45, 2.75) is 51.3 Å². The second-order valence-corrected chi connectivity index (χ2v) is 8.11. The van der Waals surface area contributed by atoms with Crippen molar-refractivity contribution in [1.82, 2.24) is 4.72 Å². The van der Waals surface area contributed by atoms with E-state index in [2.05, 4.69) is 18.6 Å². The van der Waals surface area contributed by atoms with Gasteiger partial charge in [0.2, 0.25) is 10.0 Å². The summed E-state index contributed by atoms with van der Waals surface area (Å²) in [5.41, 5.74) is 0.885. The zero-order chi connectivity index (χ0) is 16.1. The van der Waals surface area contributed by atoms with Gasteiger partial charge in [0.05, 0.1) is 4.90 Å². The van der Waals surface area contributed by atoms with Crippen LogP contribution in [0.1, 0.15) is 52.0 Å². The van der Waals surface area contributed by atoms with Crippen LogP contribution < -0.4 is 4.72 Å². The van der Waals surface area contributed by atoms with Gasteiger partial charge < -0.3 is 5.11 Å². The maximum atomic E-state index is 12.3. The molecule has 0 aromatic heterocycles. The van der Waals surface area contributed by atoms with E-state index in [-0.39, 0.29) is 16.9 Å². The molecule has 0 aliphatic heterocycles. The van der Waals surface area contributed by atoms with E-state index in [1.807, 2.05) is 26.0 Å². The first-order valence-electron chi connectivity index (χ1n) is 7.42. The Bertz CT molecular complexity index is 535. The normalized spacial score (nSPS) is 14.1. The molecule has 0 saturated carbocycles. The van der Waals surface area contributed by atoms with Crippen LogP contribution in [0.2, 0.25) is 0 Å². The monoisotopic (exact) mass is 313 g/mol. The van der Waals surface area contributed by atoms with E-state index < -0.39 is 10.0 Å². The zero-order valence-corrected chi connectivity index (χ0v) is 14.2. The van der Waals surface area contributed by atoms with E-state index in [9.17, 15) is 8.42 Å². The molecule has 0 spiro atoms. The number of sulfonamides is 1. The molecule has 0 aliphatic carbocycles. The van der Waals surface area contributed by atoms with E-state index in [1.54, 1.807) is 12.1 Å². The molecule has 2 N–H and O–H groups in total. The summed E-state index contributed by atoms with van der Waals surface area (Å²) >= 11 is 0. The van der Waals surface area contributed by atoms with Gasteiger partial charge in [-0.2, -0.15) is 0 Å². The second-order valence-electron chi connectivity index (χ2n) is 6.34. The number of nitrogens with one attached hydrogen (secondary N) is 1. The molecular weight excluding hydrogens is 286 g/mol. The Morgan fingerprint density at radius 2 is 1.81 bits per heavy atom. The Kier molecular flexibility index (Phi) is 6.38. The van der Waals surface area contributed by atoms with Crippen LogP contribution in [-0.2, 0) is 10.0 Å². The van der Waals surface area contributed by atoms with Crippen LogP contribution in [0.15, 0.2) is 29.2 Å². The SMILES string of the molecule is CCC(C)c1ccc(S(=O)(=O)NCC(C)(C)CCO)cc1. The van der Waals surface area contributed by atoms with E-state index in [0.29, 0.717) is 18.9 Å². The molecule has 1 aromatic carbocycles. The summed E-state index contributed by atoms with van der Waals surface area (Å²) in [6.45, 7) is 8.45. The lowest BCUT2D eigenvalue weighted by molar-refractivity contribution is 0.213. The number of benzene rings is 1. The lowest BCUT2D eigenvalue weighted by Crippen LogP contribution is -2.34. The van der Waals surface area contributed by atoms with Crippen molar-refractivity contribution in [2.24, 2.45) is 5.41 Å². The summed E-state index contributed by atoms with van der Waals surface area (Å²) in [5.74, 6) is 0.429. The Balaban J connectivity index is 2.79. The van der Waals surface area contributed by atoms with Gasteiger partial charge in [-0.05, 0) is 41.9 Å². The molecule has 21 heavy (non-hydrogen) atoms. The van der Waals surface area contributed by atoms with Crippen LogP contribution in [0.4, 0.5) is 0 Å². The standard InChI is InChI=1S/C16H27NO3S/c1-5-13(2)14-6-8-15(9-7-14)21(19,20)17-12-16(3,4)10-11-18/h6-9,13,17-18H,5,10-12H2,1-4H3. The molecule has 1 rings (SSSR count). The lowest BCUT2D eigenvalue weighted by Gasteiger charge is -2.23. The maximum Gasteiger partial charge on any atom is 0.240 e. The minimum absolute atomic E-state index is 0.0539. The topological polar surface area (TPSA) is 66.4 Å². The first-order chi connectivity index (χ1) is 9.72. The highest BCUT2D eigenvalue weighted by Gasteiger charge is 2.22. The molecule has 0 fully saturated rings. The third kappa shape index (κ3) is 5.41. The third-order valence-electron chi connectivity index (χ3n) is 3.90. The molecule has 0 aliphatic rings. The minimum atomic E-state index is -3.49. The zero-order valence-electron chi connectivity index (χ0n) is 13.4. The molecule has 0 saturated heterocycles. The van der Waals surface area contributed by atoms with Crippen molar-refractivity contribution in [3.63, 3.8) is 0 Å². The van der Waals surface area contributed by atoms with Gasteiger partial charge in [0.25, 0.3) is 0 Å². The smallest absolute Gasteiger partial charge is 0.240 e. The predicted octanol–water partition coefficient (Wildman–Crippen LogP) is 2.89. The average molecular weight is 313 g/mol. The molecule has 1 atom stereocenters. The van der Waals surface area contributed by atoms with Gasteiger partial charge in [-0.3, -0.25) is 0 Å². The van der Waals surface area contributed by atoms with Gasteiger partial charge in [-0.1, -0.05) is 39.8 Å². The number of hydrogen-bond donors (Lipinski definition) is 2. The van der Waals surface area contributed by atoms with Crippen molar-refractivity contribution >= 4 is 10.0 Å². The van der Waals surface area contributed by atoms with Crippen molar-refractivity contribution in [3.8, 4) is 0 Å². The molecule has 1 aromatic rings. The van der Waals surface area contributed by atoms with Crippen molar-refractivity contribution in [2.75, 3.05) is 13.2 Å². The molecule has 0 bridgehead atoms. The summed E-state index contributed by atoms with van der Waals surface area (Å²) in [4.78, 5) is 0.286. The van der Waals surface area contributed by atoms with Crippen LogP contribution >= 0.6 is 0 Å². The van der Waals surface area contributed by atoms with Gasteiger partial charge in [0.15, 0.2) is 0 Å². The predicted molar refractivity (Wildman–Crippen MR) is 85.8 cm³/mol. The van der Waals surface area contributed by atoms with Crippen LogP contribution in [0.3, 0.4) is 0 Å². The quantitative estimate of drug-likeness (QED) is 0.775. The summed E-state index contributed by atoms with van der Waals surface area (Å²) in [5, 5.41) is 8.98. The lowest BCUT2D eigenvalue weighted by atomic mass is 9.90. The fourth-order valence-corrected chi connectivity index (χ4v) is 3.22. The summed E-state index contributed by atoms with van der Waals surface area (Å²) in [7, 11) is -3.49. The van der Waals surface area contributed by atoms with Gasteiger partial charge in [0, 0.05) is 13.2 Å². The van der Waals surface area contributed by atoms with E-state index >= 15 is 0 Å². The highest BCUT2D eigenvalue weighted by atomic mass is 32.2. The Hall–Kier alpha value is -0.910. The largest absolute Gasteiger partial charge is 0.396 e. The van der Waals surface area contributed by atoms with E-state index in [1.165, 1.54) is 0 Å².